The van der Waals surface area contributed by atoms with E-state index in [4.69, 9.17) is 0 Å². The van der Waals surface area contributed by atoms with E-state index in [2.05, 4.69) is 25.1 Å². The minimum Gasteiger partial charge on any atom is -0.342 e. The second-order valence-corrected chi connectivity index (χ2v) is 9.58. The van der Waals surface area contributed by atoms with Crippen molar-refractivity contribution in [1.82, 2.24) is 14.7 Å². The van der Waals surface area contributed by atoms with Gasteiger partial charge in [0, 0.05) is 56.3 Å². The number of thioether (sulfide) groups is 1. The van der Waals surface area contributed by atoms with Crippen LogP contribution in [0.4, 0.5) is 0 Å². The van der Waals surface area contributed by atoms with Gasteiger partial charge in [-0.25, -0.2) is 0 Å². The Morgan fingerprint density at radius 3 is 2.96 bits per heavy atom. The standard InChI is InChI=1S/C20H28N4O2S/c25-17-5-7-20(14-24(17)15-3-4-15)6-1-9-22(13-20)18(26)11-16-12-27-19-21-8-2-10-23(16)19/h12,15H,1-11,13-14H2. The van der Waals surface area contributed by atoms with Crippen LogP contribution in [-0.4, -0.2) is 70.4 Å². The quantitative estimate of drug-likeness (QED) is 0.745. The molecule has 0 aromatic rings. The molecule has 1 spiro atoms. The van der Waals surface area contributed by atoms with Crippen molar-refractivity contribution < 1.29 is 9.59 Å². The fraction of sp³-hybridized carbons (Fsp3) is 0.750. The van der Waals surface area contributed by atoms with E-state index in [1.54, 1.807) is 11.8 Å². The minimum absolute atomic E-state index is 0.126. The first-order valence-electron chi connectivity index (χ1n) is 10.4. The van der Waals surface area contributed by atoms with Gasteiger partial charge in [0.15, 0.2) is 5.17 Å². The Labute approximate surface area is 165 Å². The van der Waals surface area contributed by atoms with E-state index >= 15 is 0 Å². The van der Waals surface area contributed by atoms with Gasteiger partial charge in [-0.05, 0) is 43.9 Å². The van der Waals surface area contributed by atoms with Gasteiger partial charge >= 0.3 is 0 Å². The first-order chi connectivity index (χ1) is 13.1. The number of fused-ring (bicyclic) bond motifs is 1. The molecule has 6 nitrogen and oxygen atoms in total. The Bertz CT molecular complexity index is 717. The van der Waals surface area contributed by atoms with Crippen LogP contribution in [0.15, 0.2) is 16.1 Å². The topological polar surface area (TPSA) is 56.2 Å². The lowest BCUT2D eigenvalue weighted by atomic mass is 9.73. The van der Waals surface area contributed by atoms with Crippen LogP contribution in [0.5, 0.6) is 0 Å². The van der Waals surface area contributed by atoms with Gasteiger partial charge in [0.1, 0.15) is 0 Å². The number of rotatable bonds is 3. The molecule has 1 aliphatic carbocycles. The Balaban J connectivity index is 1.24. The van der Waals surface area contributed by atoms with Crippen LogP contribution in [0.2, 0.25) is 0 Å². The summed E-state index contributed by atoms with van der Waals surface area (Å²) in [7, 11) is 0. The molecule has 0 radical (unpaired) electrons. The van der Waals surface area contributed by atoms with Gasteiger partial charge in [-0.3, -0.25) is 14.6 Å². The maximum atomic E-state index is 13.1. The second kappa shape index (κ2) is 6.83. The molecule has 4 aliphatic heterocycles. The van der Waals surface area contributed by atoms with E-state index in [0.29, 0.717) is 24.8 Å². The van der Waals surface area contributed by atoms with Crippen molar-refractivity contribution in [3.05, 3.63) is 11.1 Å². The summed E-state index contributed by atoms with van der Waals surface area (Å²) in [5.41, 5.74) is 1.24. The lowest BCUT2D eigenvalue weighted by Gasteiger charge is -2.48. The number of amidine groups is 1. The molecule has 0 bridgehead atoms. The van der Waals surface area contributed by atoms with E-state index in [0.717, 1.165) is 82.1 Å². The van der Waals surface area contributed by atoms with Crippen LogP contribution >= 0.6 is 11.8 Å². The molecule has 5 rings (SSSR count). The molecule has 4 heterocycles. The van der Waals surface area contributed by atoms with Crippen molar-refractivity contribution in [3.63, 3.8) is 0 Å². The van der Waals surface area contributed by atoms with E-state index in [1.165, 1.54) is 0 Å². The van der Waals surface area contributed by atoms with Crippen LogP contribution < -0.4 is 0 Å². The van der Waals surface area contributed by atoms with Gasteiger partial charge in [-0.1, -0.05) is 11.8 Å². The highest BCUT2D eigenvalue weighted by Gasteiger charge is 2.46. The molecule has 27 heavy (non-hydrogen) atoms. The molecule has 146 valence electrons. The van der Waals surface area contributed by atoms with Gasteiger partial charge in [-0.15, -0.1) is 0 Å². The van der Waals surface area contributed by atoms with Crippen LogP contribution in [0.3, 0.4) is 0 Å². The molecule has 7 heteroatoms. The summed E-state index contributed by atoms with van der Waals surface area (Å²) in [5.74, 6) is 0.569. The average Bonchev–Trinajstić information content (AvgIpc) is 3.46. The molecule has 1 unspecified atom stereocenters. The predicted molar refractivity (Wildman–Crippen MR) is 106 cm³/mol. The zero-order chi connectivity index (χ0) is 18.4. The Morgan fingerprint density at radius 1 is 1.22 bits per heavy atom. The number of piperidine rings is 2. The van der Waals surface area contributed by atoms with Crippen LogP contribution in [0.25, 0.3) is 0 Å². The normalized spacial score (nSPS) is 31.1. The van der Waals surface area contributed by atoms with E-state index in [-0.39, 0.29) is 11.3 Å². The maximum absolute atomic E-state index is 13.1. The number of aliphatic imine (C=N–C) groups is 1. The summed E-state index contributed by atoms with van der Waals surface area (Å²) in [4.78, 5) is 36.4. The lowest BCUT2D eigenvalue weighted by molar-refractivity contribution is -0.143. The monoisotopic (exact) mass is 388 g/mol. The Morgan fingerprint density at radius 2 is 2.11 bits per heavy atom. The van der Waals surface area contributed by atoms with Gasteiger partial charge < -0.3 is 14.7 Å². The van der Waals surface area contributed by atoms with Crippen molar-refractivity contribution in [2.24, 2.45) is 10.4 Å². The third-order valence-electron chi connectivity index (χ3n) is 6.69. The largest absolute Gasteiger partial charge is 0.342 e. The molecule has 3 fully saturated rings. The lowest BCUT2D eigenvalue weighted by Crippen LogP contribution is -2.55. The molecule has 0 aromatic heterocycles. The Hall–Kier alpha value is -1.50. The zero-order valence-electron chi connectivity index (χ0n) is 15.9. The fourth-order valence-corrected chi connectivity index (χ4v) is 6.01. The number of likely N-dealkylation sites (tertiary alicyclic amines) is 2. The van der Waals surface area contributed by atoms with Gasteiger partial charge in [-0.2, -0.15) is 0 Å². The van der Waals surface area contributed by atoms with Crippen molar-refractivity contribution >= 4 is 28.7 Å². The summed E-state index contributed by atoms with van der Waals surface area (Å²) >= 11 is 1.65. The van der Waals surface area contributed by atoms with E-state index in [1.807, 2.05) is 0 Å². The highest BCUT2D eigenvalue weighted by molar-refractivity contribution is 8.16. The SMILES string of the molecule is O=C(CC1=CSC2=NCCCN12)N1CCCC2(CCC(=O)N(C3CC3)C2)C1. The van der Waals surface area contributed by atoms with Crippen molar-refractivity contribution in [1.29, 1.82) is 0 Å². The average molecular weight is 389 g/mol. The molecule has 5 aliphatic rings. The summed E-state index contributed by atoms with van der Waals surface area (Å²) in [6, 6.07) is 0.484. The highest BCUT2D eigenvalue weighted by atomic mass is 32.2. The number of nitrogens with zero attached hydrogens (tertiary/aromatic N) is 4. The third kappa shape index (κ3) is 3.39. The first kappa shape index (κ1) is 17.6. The second-order valence-electron chi connectivity index (χ2n) is 8.74. The summed E-state index contributed by atoms with van der Waals surface area (Å²) < 4.78 is 0. The molecule has 0 N–H and O–H groups in total. The summed E-state index contributed by atoms with van der Waals surface area (Å²) in [6.07, 6.45) is 7.68. The highest BCUT2D eigenvalue weighted by Crippen LogP contribution is 2.42. The smallest absolute Gasteiger partial charge is 0.228 e. The number of carbonyl (C=O) groups excluding carboxylic acids is 2. The molecule has 2 amide bonds. The fourth-order valence-electron chi connectivity index (χ4n) is 5.06. The number of carbonyl (C=O) groups is 2. The van der Waals surface area contributed by atoms with Crippen molar-refractivity contribution in [2.45, 2.75) is 57.4 Å². The summed E-state index contributed by atoms with van der Waals surface area (Å²) in [6.45, 7) is 4.43. The number of hydrogen-bond donors (Lipinski definition) is 0. The molecule has 1 atom stereocenters. The van der Waals surface area contributed by atoms with Gasteiger partial charge in [0.2, 0.25) is 11.8 Å². The molecule has 0 aromatic carbocycles. The van der Waals surface area contributed by atoms with Crippen LogP contribution in [-0.2, 0) is 9.59 Å². The molecular formula is C20H28N4O2S. The van der Waals surface area contributed by atoms with Crippen molar-refractivity contribution in [2.75, 3.05) is 32.7 Å². The minimum atomic E-state index is 0.126. The molecule has 2 saturated heterocycles. The molecular weight excluding hydrogens is 360 g/mol. The zero-order valence-corrected chi connectivity index (χ0v) is 16.7. The Kier molecular flexibility index (Phi) is 4.45. The van der Waals surface area contributed by atoms with E-state index < -0.39 is 0 Å². The van der Waals surface area contributed by atoms with E-state index in [9.17, 15) is 9.59 Å². The van der Waals surface area contributed by atoms with Gasteiger partial charge in [0.25, 0.3) is 0 Å². The molecule has 1 saturated carbocycles. The summed E-state index contributed by atoms with van der Waals surface area (Å²) in [5, 5.41) is 3.17. The third-order valence-corrected chi connectivity index (χ3v) is 7.64. The van der Waals surface area contributed by atoms with Crippen LogP contribution in [0.1, 0.15) is 51.4 Å². The van der Waals surface area contributed by atoms with Gasteiger partial charge in [0.05, 0.1) is 6.42 Å². The van der Waals surface area contributed by atoms with Crippen LogP contribution in [0, 0.1) is 5.41 Å². The predicted octanol–water partition coefficient (Wildman–Crippen LogP) is 2.42. The van der Waals surface area contributed by atoms with Crippen molar-refractivity contribution in [3.8, 4) is 0 Å². The first-order valence-corrected chi connectivity index (χ1v) is 11.3. The number of hydrogen-bond acceptors (Lipinski definition) is 5. The maximum Gasteiger partial charge on any atom is 0.228 e. The number of amides is 2.